The molecule has 0 atom stereocenters. The molecular formula is C21H22FN5O2. The third kappa shape index (κ3) is 2.78. The summed E-state index contributed by atoms with van der Waals surface area (Å²) in [5.41, 5.74) is 2.05. The third-order valence-corrected chi connectivity index (χ3v) is 6.24. The molecular weight excluding hydrogens is 373 g/mol. The van der Waals surface area contributed by atoms with Gasteiger partial charge in [-0.25, -0.2) is 9.37 Å². The standard InChI is InChI=1S/C21H22FN5O2/c1-12-18-15(20(29)27-8-7-23-11-21(27)5-2-6-21)10-17(24-19(18)26-25-12)14-4-3-13(28)9-16(14)22/h3-4,9-10,23,28H,2,5-8,11H2,1H3,(H,24,25,26). The maximum atomic E-state index is 14.5. The number of pyridine rings is 1. The third-order valence-electron chi connectivity index (χ3n) is 6.24. The molecule has 2 fully saturated rings. The fourth-order valence-corrected chi connectivity index (χ4v) is 4.54. The largest absolute Gasteiger partial charge is 0.508 e. The van der Waals surface area contributed by atoms with Crippen molar-refractivity contribution in [3.63, 3.8) is 0 Å². The van der Waals surface area contributed by atoms with Crippen LogP contribution in [0.1, 0.15) is 35.3 Å². The number of nitrogens with one attached hydrogen (secondary N) is 2. The minimum Gasteiger partial charge on any atom is -0.508 e. The second-order valence-corrected chi connectivity index (χ2v) is 7.96. The fraction of sp³-hybridized carbons (Fsp3) is 0.381. The number of phenolic OH excluding ortho intramolecular Hbond substituents is 1. The molecule has 1 saturated heterocycles. The van der Waals surface area contributed by atoms with E-state index in [4.69, 9.17) is 0 Å². The van der Waals surface area contributed by atoms with Crippen LogP contribution in [0.2, 0.25) is 0 Å². The Morgan fingerprint density at radius 3 is 2.86 bits per heavy atom. The van der Waals surface area contributed by atoms with E-state index in [9.17, 15) is 14.3 Å². The Hall–Kier alpha value is -3.00. The van der Waals surface area contributed by atoms with Gasteiger partial charge in [-0.15, -0.1) is 0 Å². The number of carbonyl (C=O) groups excluding carboxylic acids is 1. The van der Waals surface area contributed by atoms with Crippen LogP contribution in [0.3, 0.4) is 0 Å². The van der Waals surface area contributed by atoms with Gasteiger partial charge in [0.25, 0.3) is 5.91 Å². The zero-order chi connectivity index (χ0) is 20.2. The highest BCUT2D eigenvalue weighted by Crippen LogP contribution is 2.40. The number of nitrogens with zero attached hydrogens (tertiary/aromatic N) is 3. The van der Waals surface area contributed by atoms with E-state index >= 15 is 0 Å². The Kier molecular flexibility index (Phi) is 4.06. The lowest BCUT2D eigenvalue weighted by atomic mass is 9.74. The summed E-state index contributed by atoms with van der Waals surface area (Å²) < 4.78 is 14.5. The molecule has 1 spiro atoms. The number of piperazine rings is 1. The number of aromatic hydroxyl groups is 1. The molecule has 1 aliphatic carbocycles. The summed E-state index contributed by atoms with van der Waals surface area (Å²) >= 11 is 0. The number of H-pyrrole nitrogens is 1. The lowest BCUT2D eigenvalue weighted by Gasteiger charge is -2.53. The van der Waals surface area contributed by atoms with E-state index in [1.165, 1.54) is 12.1 Å². The quantitative estimate of drug-likeness (QED) is 0.620. The van der Waals surface area contributed by atoms with Crippen LogP contribution in [0.5, 0.6) is 5.75 Å². The molecule has 0 unspecified atom stereocenters. The molecule has 0 radical (unpaired) electrons. The van der Waals surface area contributed by atoms with Crippen LogP contribution in [-0.2, 0) is 0 Å². The Balaban J connectivity index is 1.66. The Bertz CT molecular complexity index is 1120. The molecule has 8 heteroatoms. The number of amides is 1. The van der Waals surface area contributed by atoms with Crippen LogP contribution in [0.25, 0.3) is 22.3 Å². The van der Waals surface area contributed by atoms with E-state index in [1.807, 2.05) is 11.8 Å². The van der Waals surface area contributed by atoms with Gasteiger partial charge >= 0.3 is 0 Å². The number of phenols is 1. The first-order valence-corrected chi connectivity index (χ1v) is 9.86. The van der Waals surface area contributed by atoms with Crippen molar-refractivity contribution in [3.8, 4) is 17.0 Å². The predicted octanol–water partition coefficient (Wildman–Crippen LogP) is 2.75. The lowest BCUT2D eigenvalue weighted by molar-refractivity contribution is 0.00302. The SMILES string of the molecule is Cc1n[nH]c2nc(-c3ccc(O)cc3F)cc(C(=O)N3CCNCC34CCC4)c12. The zero-order valence-corrected chi connectivity index (χ0v) is 16.1. The number of carbonyl (C=O) groups is 1. The van der Waals surface area contributed by atoms with Crippen molar-refractivity contribution >= 4 is 16.9 Å². The van der Waals surface area contributed by atoms with E-state index in [0.29, 0.717) is 34.5 Å². The summed E-state index contributed by atoms with van der Waals surface area (Å²) in [5, 5.41) is 20.7. The summed E-state index contributed by atoms with van der Waals surface area (Å²) in [7, 11) is 0. The monoisotopic (exact) mass is 395 g/mol. The highest BCUT2D eigenvalue weighted by atomic mass is 19.1. The first-order chi connectivity index (χ1) is 14.0. The van der Waals surface area contributed by atoms with E-state index < -0.39 is 5.82 Å². The van der Waals surface area contributed by atoms with Gasteiger partial charge < -0.3 is 15.3 Å². The van der Waals surface area contributed by atoms with Crippen LogP contribution in [0.4, 0.5) is 4.39 Å². The van der Waals surface area contributed by atoms with Gasteiger partial charge in [-0.1, -0.05) is 0 Å². The number of aromatic nitrogens is 3. The van der Waals surface area contributed by atoms with Gasteiger partial charge in [0.1, 0.15) is 11.6 Å². The number of hydrogen-bond donors (Lipinski definition) is 3. The van der Waals surface area contributed by atoms with Crippen molar-refractivity contribution in [2.75, 3.05) is 19.6 Å². The predicted molar refractivity (Wildman–Crippen MR) is 106 cm³/mol. The van der Waals surface area contributed by atoms with Crippen molar-refractivity contribution in [2.45, 2.75) is 31.7 Å². The van der Waals surface area contributed by atoms with E-state index in [2.05, 4.69) is 20.5 Å². The molecule has 3 heterocycles. The first-order valence-electron chi connectivity index (χ1n) is 9.86. The molecule has 7 nitrogen and oxygen atoms in total. The fourth-order valence-electron chi connectivity index (χ4n) is 4.54. The van der Waals surface area contributed by atoms with Crippen LogP contribution in [-0.4, -0.2) is 56.3 Å². The normalized spacial score (nSPS) is 18.2. The summed E-state index contributed by atoms with van der Waals surface area (Å²) in [6.07, 6.45) is 3.10. The van der Waals surface area contributed by atoms with Gasteiger partial charge in [-0.2, -0.15) is 5.10 Å². The lowest BCUT2D eigenvalue weighted by Crippen LogP contribution is -2.66. The van der Waals surface area contributed by atoms with Crippen molar-refractivity contribution in [3.05, 3.63) is 41.3 Å². The van der Waals surface area contributed by atoms with Gasteiger partial charge in [0.05, 0.1) is 27.9 Å². The minimum atomic E-state index is -0.593. The van der Waals surface area contributed by atoms with E-state index in [0.717, 1.165) is 38.4 Å². The molecule has 0 bridgehead atoms. The number of halogens is 1. The number of benzene rings is 1. The summed E-state index contributed by atoms with van der Waals surface area (Å²) in [4.78, 5) is 20.2. The maximum absolute atomic E-state index is 14.5. The number of hydrogen-bond acceptors (Lipinski definition) is 5. The van der Waals surface area contributed by atoms with Crippen LogP contribution >= 0.6 is 0 Å². The minimum absolute atomic E-state index is 0.0662. The number of fused-ring (bicyclic) bond motifs is 1. The molecule has 5 rings (SSSR count). The molecule has 2 aliphatic rings. The molecule has 3 N–H and O–H groups in total. The smallest absolute Gasteiger partial charge is 0.255 e. The zero-order valence-electron chi connectivity index (χ0n) is 16.1. The second kappa shape index (κ2) is 6.52. The highest BCUT2D eigenvalue weighted by molar-refractivity contribution is 6.07. The first kappa shape index (κ1) is 18.1. The Labute approximate surface area is 166 Å². The van der Waals surface area contributed by atoms with Crippen molar-refractivity contribution in [2.24, 2.45) is 0 Å². The number of aryl methyl sites for hydroxylation is 1. The van der Waals surface area contributed by atoms with Gasteiger partial charge in [0, 0.05) is 31.3 Å². The van der Waals surface area contributed by atoms with Gasteiger partial charge in [-0.3, -0.25) is 9.89 Å². The Morgan fingerprint density at radius 1 is 1.31 bits per heavy atom. The van der Waals surface area contributed by atoms with Crippen LogP contribution < -0.4 is 5.32 Å². The van der Waals surface area contributed by atoms with Crippen LogP contribution in [0, 0.1) is 12.7 Å². The number of aromatic amines is 1. The topological polar surface area (TPSA) is 94.1 Å². The summed E-state index contributed by atoms with van der Waals surface area (Å²) in [6, 6.07) is 5.57. The van der Waals surface area contributed by atoms with E-state index in [-0.39, 0.29) is 22.8 Å². The van der Waals surface area contributed by atoms with Gasteiger partial charge in [-0.05, 0) is 44.4 Å². The molecule has 29 heavy (non-hydrogen) atoms. The molecule has 2 aromatic heterocycles. The highest BCUT2D eigenvalue weighted by Gasteiger charge is 2.46. The molecule has 1 aliphatic heterocycles. The van der Waals surface area contributed by atoms with Gasteiger partial charge in [0.2, 0.25) is 0 Å². The molecule has 1 amide bonds. The van der Waals surface area contributed by atoms with Crippen molar-refractivity contribution in [1.82, 2.24) is 25.4 Å². The van der Waals surface area contributed by atoms with Crippen molar-refractivity contribution in [1.29, 1.82) is 0 Å². The van der Waals surface area contributed by atoms with Gasteiger partial charge in [0.15, 0.2) is 5.65 Å². The summed E-state index contributed by atoms with van der Waals surface area (Å²) in [6.45, 7) is 4.03. The van der Waals surface area contributed by atoms with E-state index in [1.54, 1.807) is 6.07 Å². The number of rotatable bonds is 2. The molecule has 150 valence electrons. The molecule has 3 aromatic rings. The molecule has 1 aromatic carbocycles. The Morgan fingerprint density at radius 2 is 2.14 bits per heavy atom. The van der Waals surface area contributed by atoms with Crippen molar-refractivity contribution < 1.29 is 14.3 Å². The van der Waals surface area contributed by atoms with Crippen LogP contribution in [0.15, 0.2) is 24.3 Å². The maximum Gasteiger partial charge on any atom is 0.255 e. The average Bonchev–Trinajstić information content (AvgIpc) is 3.06. The second-order valence-electron chi connectivity index (χ2n) is 7.96. The summed E-state index contributed by atoms with van der Waals surface area (Å²) in [5.74, 6) is -0.818. The molecule has 1 saturated carbocycles. The average molecular weight is 395 g/mol.